The Morgan fingerprint density at radius 3 is 2.11 bits per heavy atom. The molecule has 0 saturated heterocycles. The molecule has 6 nitrogen and oxygen atoms in total. The molecule has 3 aromatic carbocycles. The fourth-order valence-corrected chi connectivity index (χ4v) is 5.04. The van der Waals surface area contributed by atoms with Gasteiger partial charge in [0.25, 0.3) is 5.91 Å². The number of carbonyl (C=O) groups is 3. The van der Waals surface area contributed by atoms with Gasteiger partial charge in [-0.05, 0) is 43.7 Å². The van der Waals surface area contributed by atoms with Crippen molar-refractivity contribution in [3.8, 4) is 0 Å². The highest BCUT2D eigenvalue weighted by molar-refractivity contribution is 8.00. The third-order valence-electron chi connectivity index (χ3n) is 4.88. The average molecular weight is 572 g/mol. The summed E-state index contributed by atoms with van der Waals surface area (Å²) in [5.41, 5.74) is 1.06. The number of anilines is 2. The minimum Gasteiger partial charge on any atom is -0.478 e. The SMILES string of the molecule is Cc1ccccc1NC(=O)C(C)Sc1cccc(NC(=O)c2c(Cl)c(Cl)c(Cl)c(Cl)c2C(=O)O)c1. The lowest BCUT2D eigenvalue weighted by molar-refractivity contribution is -0.115. The molecule has 35 heavy (non-hydrogen) atoms. The number of halogens is 4. The fraction of sp³-hybridized carbons (Fsp3) is 0.125. The van der Waals surface area contributed by atoms with E-state index in [4.69, 9.17) is 46.4 Å². The van der Waals surface area contributed by atoms with Crippen molar-refractivity contribution in [3.05, 3.63) is 85.3 Å². The summed E-state index contributed by atoms with van der Waals surface area (Å²) in [6.45, 7) is 3.67. The molecule has 0 spiro atoms. The number of para-hydroxylation sites is 1. The Labute approximate surface area is 225 Å². The van der Waals surface area contributed by atoms with Gasteiger partial charge in [0, 0.05) is 16.3 Å². The maximum atomic E-state index is 13.0. The van der Waals surface area contributed by atoms with Crippen LogP contribution in [0.2, 0.25) is 20.1 Å². The topological polar surface area (TPSA) is 95.5 Å². The number of benzene rings is 3. The van der Waals surface area contributed by atoms with Crippen molar-refractivity contribution in [2.45, 2.75) is 24.0 Å². The van der Waals surface area contributed by atoms with E-state index in [0.717, 1.165) is 11.3 Å². The van der Waals surface area contributed by atoms with Crippen molar-refractivity contribution in [2.24, 2.45) is 0 Å². The van der Waals surface area contributed by atoms with E-state index in [9.17, 15) is 19.5 Å². The largest absolute Gasteiger partial charge is 0.478 e. The first-order chi connectivity index (χ1) is 16.5. The predicted molar refractivity (Wildman–Crippen MR) is 143 cm³/mol. The van der Waals surface area contributed by atoms with Gasteiger partial charge in [0.2, 0.25) is 5.91 Å². The molecule has 0 aliphatic heterocycles. The van der Waals surface area contributed by atoms with Crippen molar-refractivity contribution in [1.82, 2.24) is 0 Å². The quantitative estimate of drug-likeness (QED) is 0.153. The first kappa shape index (κ1) is 27.2. The summed E-state index contributed by atoms with van der Waals surface area (Å²) >= 11 is 25.4. The zero-order valence-corrected chi connectivity index (χ0v) is 22.1. The molecule has 3 rings (SSSR count). The van der Waals surface area contributed by atoms with Crippen LogP contribution in [-0.2, 0) is 4.79 Å². The number of aromatic carboxylic acids is 1. The second-order valence-corrected chi connectivity index (χ2v) is 10.3. The van der Waals surface area contributed by atoms with Crippen LogP contribution in [0.5, 0.6) is 0 Å². The number of hydrogen-bond acceptors (Lipinski definition) is 4. The molecule has 11 heteroatoms. The van der Waals surface area contributed by atoms with Crippen LogP contribution in [-0.4, -0.2) is 28.1 Å². The van der Waals surface area contributed by atoms with Gasteiger partial charge < -0.3 is 15.7 Å². The molecule has 1 unspecified atom stereocenters. The van der Waals surface area contributed by atoms with Gasteiger partial charge in [-0.25, -0.2) is 4.79 Å². The van der Waals surface area contributed by atoms with Crippen LogP contribution in [0, 0.1) is 6.92 Å². The lowest BCUT2D eigenvalue weighted by Crippen LogP contribution is -2.22. The molecule has 0 fully saturated rings. The van der Waals surface area contributed by atoms with Gasteiger partial charge in [-0.2, -0.15) is 0 Å². The minimum atomic E-state index is -1.49. The summed E-state index contributed by atoms with van der Waals surface area (Å²) in [4.78, 5) is 38.0. The van der Waals surface area contributed by atoms with Crippen LogP contribution in [0.3, 0.4) is 0 Å². The van der Waals surface area contributed by atoms with Crippen LogP contribution in [0.1, 0.15) is 33.2 Å². The lowest BCUT2D eigenvalue weighted by atomic mass is 10.1. The number of carboxylic acids is 1. The molecule has 0 saturated carbocycles. The van der Waals surface area contributed by atoms with Gasteiger partial charge in [-0.1, -0.05) is 70.7 Å². The van der Waals surface area contributed by atoms with Gasteiger partial charge >= 0.3 is 5.97 Å². The van der Waals surface area contributed by atoms with Crippen LogP contribution < -0.4 is 10.6 Å². The Morgan fingerprint density at radius 2 is 1.49 bits per heavy atom. The van der Waals surface area contributed by atoms with Gasteiger partial charge in [-0.15, -0.1) is 11.8 Å². The molecule has 182 valence electrons. The molecule has 0 bridgehead atoms. The maximum absolute atomic E-state index is 13.0. The highest BCUT2D eigenvalue weighted by Crippen LogP contribution is 2.42. The van der Waals surface area contributed by atoms with Crippen molar-refractivity contribution in [3.63, 3.8) is 0 Å². The second-order valence-electron chi connectivity index (χ2n) is 7.36. The van der Waals surface area contributed by atoms with Gasteiger partial charge in [0.05, 0.1) is 36.5 Å². The number of hydrogen-bond donors (Lipinski definition) is 3. The first-order valence-electron chi connectivity index (χ1n) is 10.0. The number of carbonyl (C=O) groups excluding carboxylic acids is 2. The summed E-state index contributed by atoms with van der Waals surface area (Å²) < 4.78 is 0. The van der Waals surface area contributed by atoms with Gasteiger partial charge in [0.15, 0.2) is 0 Å². The number of carboxylic acid groups (broad SMARTS) is 1. The van der Waals surface area contributed by atoms with E-state index in [1.807, 2.05) is 31.2 Å². The molecule has 3 aromatic rings. The summed E-state index contributed by atoms with van der Waals surface area (Å²) in [5.74, 6) is -2.50. The van der Waals surface area contributed by atoms with Crippen molar-refractivity contribution >= 4 is 87.3 Å². The Kier molecular flexibility index (Phi) is 8.96. The van der Waals surface area contributed by atoms with Crippen LogP contribution in [0.15, 0.2) is 53.4 Å². The lowest BCUT2D eigenvalue weighted by Gasteiger charge is -2.15. The molecular formula is C24H18Cl4N2O4S. The molecule has 0 aromatic heterocycles. The molecule has 0 heterocycles. The number of rotatable bonds is 7. The molecule has 0 aliphatic rings. The standard InChI is InChI=1S/C24H18Cl4N2O4S/c1-11-6-3-4-9-15(11)30-22(31)12(2)35-14-8-5-7-13(10-14)29-23(32)16-17(24(33)34)19(26)21(28)20(27)18(16)25/h3-10,12H,1-2H3,(H,29,32)(H,30,31)(H,33,34). The summed E-state index contributed by atoms with van der Waals surface area (Å²) in [5, 5.41) is 13.4. The van der Waals surface area contributed by atoms with E-state index in [1.54, 1.807) is 31.2 Å². The Morgan fingerprint density at radius 1 is 0.857 bits per heavy atom. The number of nitrogens with one attached hydrogen (secondary N) is 2. The molecule has 1 atom stereocenters. The fourth-order valence-electron chi connectivity index (χ4n) is 3.09. The molecule has 2 amide bonds. The highest BCUT2D eigenvalue weighted by atomic mass is 35.5. The van der Waals surface area contributed by atoms with Crippen molar-refractivity contribution in [2.75, 3.05) is 10.6 Å². The van der Waals surface area contributed by atoms with E-state index >= 15 is 0 Å². The highest BCUT2D eigenvalue weighted by Gasteiger charge is 2.29. The summed E-state index contributed by atoms with van der Waals surface area (Å²) in [6.07, 6.45) is 0. The Hall–Kier alpha value is -2.42. The summed E-state index contributed by atoms with van der Waals surface area (Å²) in [6, 6.07) is 14.2. The normalized spacial score (nSPS) is 11.6. The molecular weight excluding hydrogens is 554 g/mol. The second kappa shape index (κ2) is 11.5. The van der Waals surface area contributed by atoms with E-state index in [2.05, 4.69) is 10.6 Å². The number of thioether (sulfide) groups is 1. The van der Waals surface area contributed by atoms with Gasteiger partial charge in [-0.3, -0.25) is 9.59 Å². The molecule has 0 aliphatic carbocycles. The van der Waals surface area contributed by atoms with Crippen LogP contribution >= 0.6 is 58.2 Å². The monoisotopic (exact) mass is 570 g/mol. The van der Waals surface area contributed by atoms with Crippen LogP contribution in [0.4, 0.5) is 11.4 Å². The van der Waals surface area contributed by atoms with Crippen LogP contribution in [0.25, 0.3) is 0 Å². The van der Waals surface area contributed by atoms with Crippen molar-refractivity contribution < 1.29 is 19.5 Å². The Balaban J connectivity index is 1.79. The van der Waals surface area contributed by atoms with Gasteiger partial charge in [0.1, 0.15) is 0 Å². The Bertz CT molecular complexity index is 1330. The zero-order valence-electron chi connectivity index (χ0n) is 18.3. The zero-order chi connectivity index (χ0) is 25.9. The van der Waals surface area contributed by atoms with E-state index in [-0.39, 0.29) is 21.0 Å². The predicted octanol–water partition coefficient (Wildman–Crippen LogP) is 7.68. The molecule has 0 radical (unpaired) electrons. The smallest absolute Gasteiger partial charge is 0.338 e. The van der Waals surface area contributed by atoms with E-state index in [1.165, 1.54) is 11.8 Å². The number of amides is 2. The third kappa shape index (κ3) is 6.23. The van der Waals surface area contributed by atoms with Crippen molar-refractivity contribution in [1.29, 1.82) is 0 Å². The number of aryl methyl sites for hydroxylation is 1. The minimum absolute atomic E-state index is 0.179. The molecule has 3 N–H and O–H groups in total. The maximum Gasteiger partial charge on any atom is 0.338 e. The van der Waals surface area contributed by atoms with E-state index < -0.39 is 33.3 Å². The average Bonchev–Trinajstić information content (AvgIpc) is 2.81. The first-order valence-corrected chi connectivity index (χ1v) is 12.4. The third-order valence-corrected chi connectivity index (χ3v) is 7.78. The van der Waals surface area contributed by atoms with E-state index in [0.29, 0.717) is 10.6 Å². The summed E-state index contributed by atoms with van der Waals surface area (Å²) in [7, 11) is 0.